The van der Waals surface area contributed by atoms with E-state index in [2.05, 4.69) is 27.3 Å². The minimum atomic E-state index is -0.299. The molecule has 0 radical (unpaired) electrons. The number of nitrogens with one attached hydrogen (secondary N) is 1. The van der Waals surface area contributed by atoms with Crippen molar-refractivity contribution in [1.29, 1.82) is 0 Å². The normalized spacial score (nSPS) is 10.5. The molecule has 100 valence electrons. The highest BCUT2D eigenvalue weighted by molar-refractivity contribution is 9.10. The SMILES string of the molecule is CNCc1cc(C)ccc1Oc1ccc(F)c(Br)c1. The van der Waals surface area contributed by atoms with Gasteiger partial charge in [0.2, 0.25) is 0 Å². The van der Waals surface area contributed by atoms with Crippen LogP contribution in [-0.2, 0) is 6.54 Å². The molecule has 2 aromatic rings. The van der Waals surface area contributed by atoms with Gasteiger partial charge < -0.3 is 10.1 Å². The van der Waals surface area contributed by atoms with Gasteiger partial charge in [-0.1, -0.05) is 17.7 Å². The van der Waals surface area contributed by atoms with Gasteiger partial charge in [-0.05, 0) is 54.2 Å². The van der Waals surface area contributed by atoms with E-state index in [1.807, 2.05) is 26.1 Å². The topological polar surface area (TPSA) is 21.3 Å². The van der Waals surface area contributed by atoms with Crippen LogP contribution in [0.15, 0.2) is 40.9 Å². The molecule has 0 heterocycles. The lowest BCUT2D eigenvalue weighted by molar-refractivity contribution is 0.471. The molecule has 0 aromatic heterocycles. The van der Waals surface area contributed by atoms with Crippen LogP contribution in [0.25, 0.3) is 0 Å². The molecular formula is C15H15BrFNO. The summed E-state index contributed by atoms with van der Waals surface area (Å²) >= 11 is 3.15. The molecule has 0 fully saturated rings. The molecular weight excluding hydrogens is 309 g/mol. The van der Waals surface area contributed by atoms with Crippen molar-refractivity contribution in [1.82, 2.24) is 5.32 Å². The van der Waals surface area contributed by atoms with Crippen molar-refractivity contribution in [3.05, 3.63) is 57.8 Å². The lowest BCUT2D eigenvalue weighted by Crippen LogP contribution is -2.06. The third-order valence-electron chi connectivity index (χ3n) is 2.70. The average molecular weight is 324 g/mol. The fourth-order valence-electron chi connectivity index (χ4n) is 1.80. The minimum Gasteiger partial charge on any atom is -0.457 e. The standard InChI is InChI=1S/C15H15BrFNO/c1-10-3-6-15(11(7-10)9-18-2)19-12-4-5-14(17)13(16)8-12/h3-8,18H,9H2,1-2H3. The molecule has 1 N–H and O–H groups in total. The number of hydrogen-bond donors (Lipinski definition) is 1. The first-order valence-corrected chi connectivity index (χ1v) is 6.76. The molecule has 0 bridgehead atoms. The first-order chi connectivity index (χ1) is 9.10. The Hall–Kier alpha value is -1.39. The smallest absolute Gasteiger partial charge is 0.137 e. The van der Waals surface area contributed by atoms with Gasteiger partial charge in [0.05, 0.1) is 4.47 Å². The Balaban J connectivity index is 2.29. The quantitative estimate of drug-likeness (QED) is 0.899. The van der Waals surface area contributed by atoms with Gasteiger partial charge in [-0.3, -0.25) is 0 Å². The molecule has 0 saturated heterocycles. The van der Waals surface area contributed by atoms with Crippen LogP contribution in [0.5, 0.6) is 11.5 Å². The van der Waals surface area contributed by atoms with Crippen LogP contribution in [0, 0.1) is 12.7 Å². The van der Waals surface area contributed by atoms with E-state index in [-0.39, 0.29) is 5.82 Å². The largest absolute Gasteiger partial charge is 0.457 e. The van der Waals surface area contributed by atoms with Gasteiger partial charge in [0.1, 0.15) is 17.3 Å². The summed E-state index contributed by atoms with van der Waals surface area (Å²) in [6.45, 7) is 2.76. The molecule has 0 spiro atoms. The molecule has 0 saturated carbocycles. The molecule has 0 aliphatic rings. The van der Waals surface area contributed by atoms with E-state index in [1.165, 1.54) is 11.6 Å². The van der Waals surface area contributed by atoms with Crippen molar-refractivity contribution in [2.45, 2.75) is 13.5 Å². The maximum absolute atomic E-state index is 13.2. The van der Waals surface area contributed by atoms with Crippen molar-refractivity contribution >= 4 is 15.9 Å². The van der Waals surface area contributed by atoms with E-state index in [0.29, 0.717) is 10.2 Å². The zero-order valence-corrected chi connectivity index (χ0v) is 12.4. The molecule has 4 heteroatoms. The van der Waals surface area contributed by atoms with Crippen molar-refractivity contribution in [3.8, 4) is 11.5 Å². The predicted molar refractivity (Wildman–Crippen MR) is 78.1 cm³/mol. The number of ether oxygens (including phenoxy) is 1. The second kappa shape index (κ2) is 6.17. The van der Waals surface area contributed by atoms with Crippen LogP contribution in [0.1, 0.15) is 11.1 Å². The number of rotatable bonds is 4. The Morgan fingerprint density at radius 2 is 2.00 bits per heavy atom. The predicted octanol–water partition coefficient (Wildman–Crippen LogP) is 4.41. The summed E-state index contributed by atoms with van der Waals surface area (Å²) < 4.78 is 19.4. The molecule has 0 aliphatic heterocycles. The number of benzene rings is 2. The molecule has 0 unspecified atom stereocenters. The summed E-state index contributed by atoms with van der Waals surface area (Å²) in [4.78, 5) is 0. The highest BCUT2D eigenvalue weighted by Gasteiger charge is 2.07. The first-order valence-electron chi connectivity index (χ1n) is 5.97. The molecule has 2 rings (SSSR count). The average Bonchev–Trinajstić information content (AvgIpc) is 2.37. The Morgan fingerprint density at radius 3 is 2.68 bits per heavy atom. The van der Waals surface area contributed by atoms with Gasteiger partial charge in [0, 0.05) is 12.1 Å². The third kappa shape index (κ3) is 3.55. The van der Waals surface area contributed by atoms with Gasteiger partial charge in [-0.25, -0.2) is 4.39 Å². The fraction of sp³-hybridized carbons (Fsp3) is 0.200. The number of aryl methyl sites for hydroxylation is 1. The molecule has 2 nitrogen and oxygen atoms in total. The Morgan fingerprint density at radius 1 is 1.21 bits per heavy atom. The minimum absolute atomic E-state index is 0.299. The summed E-state index contributed by atoms with van der Waals surface area (Å²) in [6, 6.07) is 10.6. The van der Waals surface area contributed by atoms with E-state index < -0.39 is 0 Å². The number of halogens is 2. The second-order valence-corrected chi connectivity index (χ2v) is 5.17. The summed E-state index contributed by atoms with van der Waals surface area (Å²) in [6.07, 6.45) is 0. The van der Waals surface area contributed by atoms with Crippen LogP contribution in [0.2, 0.25) is 0 Å². The lowest BCUT2D eigenvalue weighted by atomic mass is 10.1. The molecule has 19 heavy (non-hydrogen) atoms. The zero-order chi connectivity index (χ0) is 13.8. The molecule has 0 aliphatic carbocycles. The maximum Gasteiger partial charge on any atom is 0.137 e. The highest BCUT2D eigenvalue weighted by atomic mass is 79.9. The van der Waals surface area contributed by atoms with E-state index in [4.69, 9.17) is 4.74 Å². The Labute approximate surface area is 120 Å². The number of hydrogen-bond acceptors (Lipinski definition) is 2. The van der Waals surface area contributed by atoms with Crippen LogP contribution >= 0.6 is 15.9 Å². The van der Waals surface area contributed by atoms with Crippen molar-refractivity contribution in [3.63, 3.8) is 0 Å². The van der Waals surface area contributed by atoms with Gasteiger partial charge >= 0.3 is 0 Å². The van der Waals surface area contributed by atoms with E-state index in [1.54, 1.807) is 12.1 Å². The fourth-order valence-corrected chi connectivity index (χ4v) is 2.16. The molecule has 0 amide bonds. The first kappa shape index (κ1) is 14.0. The van der Waals surface area contributed by atoms with Gasteiger partial charge in [-0.15, -0.1) is 0 Å². The van der Waals surface area contributed by atoms with E-state index in [0.717, 1.165) is 17.9 Å². The van der Waals surface area contributed by atoms with Gasteiger partial charge in [0.15, 0.2) is 0 Å². The van der Waals surface area contributed by atoms with Crippen LogP contribution < -0.4 is 10.1 Å². The summed E-state index contributed by atoms with van der Waals surface area (Å²) in [7, 11) is 1.89. The maximum atomic E-state index is 13.2. The third-order valence-corrected chi connectivity index (χ3v) is 3.31. The van der Waals surface area contributed by atoms with Crippen molar-refractivity contribution < 1.29 is 9.13 Å². The van der Waals surface area contributed by atoms with Gasteiger partial charge in [0.25, 0.3) is 0 Å². The van der Waals surface area contributed by atoms with Crippen LogP contribution in [-0.4, -0.2) is 7.05 Å². The highest BCUT2D eigenvalue weighted by Crippen LogP contribution is 2.29. The van der Waals surface area contributed by atoms with Crippen molar-refractivity contribution in [2.75, 3.05) is 7.05 Å². The Kier molecular flexibility index (Phi) is 4.56. The monoisotopic (exact) mass is 323 g/mol. The van der Waals surface area contributed by atoms with E-state index >= 15 is 0 Å². The van der Waals surface area contributed by atoms with Crippen LogP contribution in [0.3, 0.4) is 0 Å². The zero-order valence-electron chi connectivity index (χ0n) is 10.8. The van der Waals surface area contributed by atoms with Gasteiger partial charge in [-0.2, -0.15) is 0 Å². The summed E-state index contributed by atoms with van der Waals surface area (Å²) in [5, 5.41) is 3.11. The summed E-state index contributed by atoms with van der Waals surface area (Å²) in [5.41, 5.74) is 2.25. The summed E-state index contributed by atoms with van der Waals surface area (Å²) in [5.74, 6) is 1.08. The second-order valence-electron chi connectivity index (χ2n) is 4.32. The lowest BCUT2D eigenvalue weighted by Gasteiger charge is -2.12. The molecule has 0 atom stereocenters. The Bertz CT molecular complexity index is 586. The van der Waals surface area contributed by atoms with Crippen molar-refractivity contribution in [2.24, 2.45) is 0 Å². The van der Waals surface area contributed by atoms with E-state index in [9.17, 15) is 4.39 Å². The molecule has 2 aromatic carbocycles. The van der Waals surface area contributed by atoms with Crippen LogP contribution in [0.4, 0.5) is 4.39 Å².